The summed E-state index contributed by atoms with van der Waals surface area (Å²) in [7, 11) is 0. The smallest absolute Gasteiger partial charge is 0.140 e. The Morgan fingerprint density at radius 3 is 1.48 bits per heavy atom. The van der Waals surface area contributed by atoms with Crippen LogP contribution in [0.5, 0.6) is 0 Å². The van der Waals surface area contributed by atoms with Crippen LogP contribution in [0.25, 0.3) is 66.4 Å². The Labute approximate surface area is 252 Å². The Morgan fingerprint density at radius 1 is 0.455 bits per heavy atom. The van der Waals surface area contributed by atoms with Crippen molar-refractivity contribution in [1.29, 1.82) is 15.8 Å². The van der Waals surface area contributed by atoms with Gasteiger partial charge in [0, 0.05) is 21.5 Å². The highest BCUT2D eigenvalue weighted by molar-refractivity contribution is 6.10. The fourth-order valence-electron chi connectivity index (χ4n) is 6.30. The van der Waals surface area contributed by atoms with E-state index in [4.69, 9.17) is 4.98 Å². The number of para-hydroxylation sites is 3. The Hall–Kier alpha value is -6.68. The molecule has 3 heterocycles. The lowest BCUT2D eigenvalue weighted by molar-refractivity contribution is 1.01. The number of nitrogens with zero attached hydrogens (tertiary/aromatic N) is 6. The number of fused-ring (bicyclic) bond motifs is 6. The van der Waals surface area contributed by atoms with E-state index >= 15 is 0 Å². The maximum absolute atomic E-state index is 10.1. The summed E-state index contributed by atoms with van der Waals surface area (Å²) < 4.78 is 4.28. The summed E-state index contributed by atoms with van der Waals surface area (Å²) in [4.78, 5) is 5.30. The first-order valence-electron chi connectivity index (χ1n) is 14.1. The zero-order chi connectivity index (χ0) is 29.8. The van der Waals surface area contributed by atoms with Crippen molar-refractivity contribution in [3.63, 3.8) is 0 Å². The van der Waals surface area contributed by atoms with E-state index in [-0.39, 0.29) is 0 Å². The summed E-state index contributed by atoms with van der Waals surface area (Å²) in [5.41, 5.74) is 6.85. The van der Waals surface area contributed by atoms with Crippen LogP contribution in [0.15, 0.2) is 121 Å². The lowest BCUT2D eigenvalue weighted by Crippen LogP contribution is -2.04. The molecular weight excluding hydrogens is 540 g/mol. The van der Waals surface area contributed by atoms with Gasteiger partial charge in [0.1, 0.15) is 11.6 Å². The van der Waals surface area contributed by atoms with Crippen LogP contribution < -0.4 is 0 Å². The first-order valence-corrected chi connectivity index (χ1v) is 14.1. The molecule has 0 fully saturated rings. The lowest BCUT2D eigenvalue weighted by Gasteiger charge is -2.15. The predicted molar refractivity (Wildman–Crippen MR) is 172 cm³/mol. The molecule has 0 radical (unpaired) electrons. The van der Waals surface area contributed by atoms with E-state index in [9.17, 15) is 15.8 Å². The Bertz CT molecular complexity index is 2550. The minimum Gasteiger partial charge on any atom is -0.294 e. The van der Waals surface area contributed by atoms with Gasteiger partial charge in [-0.25, -0.2) is 4.98 Å². The van der Waals surface area contributed by atoms with Gasteiger partial charge in [0.25, 0.3) is 0 Å². The number of pyridine rings is 1. The molecule has 0 spiro atoms. The van der Waals surface area contributed by atoms with E-state index in [1.54, 1.807) is 12.1 Å². The molecule has 0 bridgehead atoms. The van der Waals surface area contributed by atoms with Gasteiger partial charge in [-0.05, 0) is 71.8 Å². The van der Waals surface area contributed by atoms with Crippen LogP contribution in [0.2, 0.25) is 0 Å². The zero-order valence-electron chi connectivity index (χ0n) is 23.2. The molecule has 0 aliphatic heterocycles. The first-order chi connectivity index (χ1) is 21.7. The number of hydrogen-bond acceptors (Lipinski definition) is 4. The topological polar surface area (TPSA) is 94.1 Å². The van der Waals surface area contributed by atoms with Gasteiger partial charge < -0.3 is 0 Å². The number of hydrogen-bond donors (Lipinski definition) is 0. The monoisotopic (exact) mass is 560 g/mol. The van der Waals surface area contributed by atoms with Crippen LogP contribution in [0.3, 0.4) is 0 Å². The normalized spacial score (nSPS) is 11.1. The molecule has 5 aromatic carbocycles. The summed E-state index contributed by atoms with van der Waals surface area (Å²) in [6.07, 6.45) is 0. The van der Waals surface area contributed by atoms with Crippen LogP contribution in [0.4, 0.5) is 0 Å². The number of benzene rings is 5. The summed E-state index contributed by atoms with van der Waals surface area (Å²) in [6, 6.07) is 46.2. The van der Waals surface area contributed by atoms with E-state index in [1.807, 2.05) is 72.8 Å². The van der Waals surface area contributed by atoms with Crippen LogP contribution in [0, 0.1) is 34.0 Å². The zero-order valence-corrected chi connectivity index (χ0v) is 23.2. The van der Waals surface area contributed by atoms with Crippen molar-refractivity contribution in [2.24, 2.45) is 0 Å². The average Bonchev–Trinajstić information content (AvgIpc) is 3.60. The standard InChI is InChI=1S/C38H20N6/c39-21-24-13-15-28(27(17-24)23-41)26-19-37(43-33-10-4-1-7-29(33)30-8-2-5-11-34(30)43)42-38(20-26)44-35-12-6-3-9-31(35)32-18-25(22-40)14-16-36(32)44/h1-20H. The molecule has 0 amide bonds. The maximum Gasteiger partial charge on any atom is 0.140 e. The van der Waals surface area contributed by atoms with Crippen molar-refractivity contribution >= 4 is 43.6 Å². The maximum atomic E-state index is 10.1. The average molecular weight is 561 g/mol. The highest BCUT2D eigenvalue weighted by Gasteiger charge is 2.19. The molecule has 0 unspecified atom stereocenters. The van der Waals surface area contributed by atoms with Gasteiger partial charge in [-0.2, -0.15) is 15.8 Å². The SMILES string of the molecule is N#Cc1ccc(-c2cc(-n3c4ccccc4c4ccccc43)nc(-n3c4ccccc4c4cc(C#N)ccc43)c2)c(C#N)c1. The van der Waals surface area contributed by atoms with Crippen molar-refractivity contribution in [3.05, 3.63) is 138 Å². The van der Waals surface area contributed by atoms with Crippen molar-refractivity contribution in [3.8, 4) is 41.0 Å². The molecule has 6 heteroatoms. The second-order valence-electron chi connectivity index (χ2n) is 10.6. The van der Waals surface area contributed by atoms with Crippen molar-refractivity contribution in [2.75, 3.05) is 0 Å². The number of nitriles is 3. The highest BCUT2D eigenvalue weighted by Crippen LogP contribution is 2.37. The van der Waals surface area contributed by atoms with Gasteiger partial charge in [-0.1, -0.05) is 60.7 Å². The van der Waals surface area contributed by atoms with Gasteiger partial charge in [-0.15, -0.1) is 0 Å². The fraction of sp³-hybridized carbons (Fsp3) is 0. The largest absolute Gasteiger partial charge is 0.294 e. The summed E-state index contributed by atoms with van der Waals surface area (Å²) in [6.45, 7) is 0. The van der Waals surface area contributed by atoms with Crippen LogP contribution in [-0.4, -0.2) is 14.1 Å². The number of rotatable bonds is 3. The quantitative estimate of drug-likeness (QED) is 0.216. The van der Waals surface area contributed by atoms with E-state index < -0.39 is 0 Å². The van der Waals surface area contributed by atoms with Gasteiger partial charge in [0.15, 0.2) is 0 Å². The Balaban J connectivity index is 1.51. The van der Waals surface area contributed by atoms with Crippen molar-refractivity contribution in [1.82, 2.24) is 14.1 Å². The molecule has 8 rings (SSSR count). The molecule has 44 heavy (non-hydrogen) atoms. The van der Waals surface area contributed by atoms with Crippen LogP contribution in [0.1, 0.15) is 16.7 Å². The van der Waals surface area contributed by atoms with E-state index in [0.29, 0.717) is 33.9 Å². The number of aromatic nitrogens is 3. The first kappa shape index (κ1) is 25.1. The molecule has 0 saturated heterocycles. The van der Waals surface area contributed by atoms with Crippen molar-refractivity contribution < 1.29 is 0 Å². The molecule has 8 aromatic rings. The minimum absolute atomic E-state index is 0.412. The van der Waals surface area contributed by atoms with E-state index in [0.717, 1.165) is 49.2 Å². The second kappa shape index (κ2) is 9.71. The molecule has 0 N–H and O–H groups in total. The molecule has 0 atom stereocenters. The summed E-state index contributed by atoms with van der Waals surface area (Å²) >= 11 is 0. The fourth-order valence-corrected chi connectivity index (χ4v) is 6.30. The van der Waals surface area contributed by atoms with Crippen LogP contribution in [-0.2, 0) is 0 Å². The van der Waals surface area contributed by atoms with E-state index in [2.05, 4.69) is 63.7 Å². The van der Waals surface area contributed by atoms with Gasteiger partial charge in [0.05, 0.1) is 57.0 Å². The third kappa shape index (κ3) is 3.68. The molecular formula is C38H20N6. The molecule has 3 aromatic heterocycles. The van der Waals surface area contributed by atoms with Gasteiger partial charge >= 0.3 is 0 Å². The third-order valence-corrected chi connectivity index (χ3v) is 8.22. The second-order valence-corrected chi connectivity index (χ2v) is 10.6. The van der Waals surface area contributed by atoms with Gasteiger partial charge in [0.2, 0.25) is 0 Å². The highest BCUT2D eigenvalue weighted by atomic mass is 15.1. The molecule has 0 saturated carbocycles. The van der Waals surface area contributed by atoms with E-state index in [1.165, 1.54) is 0 Å². The minimum atomic E-state index is 0.412. The molecule has 6 nitrogen and oxygen atoms in total. The molecule has 0 aliphatic carbocycles. The van der Waals surface area contributed by atoms with Crippen LogP contribution >= 0.6 is 0 Å². The molecule has 0 aliphatic rings. The predicted octanol–water partition coefficient (Wildman–Crippen LogP) is 8.56. The third-order valence-electron chi connectivity index (χ3n) is 8.22. The lowest BCUT2D eigenvalue weighted by atomic mass is 9.98. The van der Waals surface area contributed by atoms with Gasteiger partial charge in [-0.3, -0.25) is 9.13 Å². The summed E-state index contributed by atoms with van der Waals surface area (Å²) in [5.74, 6) is 1.37. The van der Waals surface area contributed by atoms with Crippen molar-refractivity contribution in [2.45, 2.75) is 0 Å². The Kier molecular flexibility index (Phi) is 5.53. The Morgan fingerprint density at radius 2 is 0.932 bits per heavy atom. The summed E-state index contributed by atoms with van der Waals surface area (Å²) in [5, 5.41) is 33.5. The molecule has 202 valence electrons.